The van der Waals surface area contributed by atoms with Crippen molar-refractivity contribution < 1.29 is 0 Å². The molecule has 1 N–H and O–H groups in total. The number of halogens is 1. The van der Waals surface area contributed by atoms with Crippen LogP contribution in [0.4, 0.5) is 0 Å². The summed E-state index contributed by atoms with van der Waals surface area (Å²) in [5, 5.41) is 3.60. The average molecular weight is 308 g/mol. The third-order valence-electron chi connectivity index (χ3n) is 2.33. The lowest BCUT2D eigenvalue weighted by Gasteiger charge is -2.14. The summed E-state index contributed by atoms with van der Waals surface area (Å²) < 4.78 is 1.26. The zero-order valence-electron chi connectivity index (χ0n) is 9.47. The molecule has 0 fully saturated rings. The highest BCUT2D eigenvalue weighted by Crippen LogP contribution is 2.27. The van der Waals surface area contributed by atoms with Gasteiger partial charge in [0.2, 0.25) is 0 Å². The van der Waals surface area contributed by atoms with Gasteiger partial charge in [-0.15, -0.1) is 11.3 Å². The molecule has 1 aromatic heterocycles. The van der Waals surface area contributed by atoms with E-state index >= 15 is 0 Å². The van der Waals surface area contributed by atoms with E-state index in [0.717, 1.165) is 6.54 Å². The van der Waals surface area contributed by atoms with E-state index in [2.05, 4.69) is 47.4 Å². The number of nitrogens with one attached hydrogen (secondary N) is 1. The van der Waals surface area contributed by atoms with Gasteiger partial charge in [-0.1, -0.05) is 6.92 Å². The van der Waals surface area contributed by atoms with E-state index in [4.69, 9.17) is 0 Å². The first-order chi connectivity index (χ1) is 7.17. The van der Waals surface area contributed by atoms with Crippen LogP contribution in [-0.2, 0) is 6.54 Å². The first-order valence-corrected chi connectivity index (χ1v) is 8.14. The van der Waals surface area contributed by atoms with Crippen LogP contribution in [0.25, 0.3) is 0 Å². The third kappa shape index (κ3) is 4.47. The van der Waals surface area contributed by atoms with Crippen LogP contribution in [0.1, 0.15) is 23.8 Å². The van der Waals surface area contributed by atoms with Crippen molar-refractivity contribution in [2.45, 2.75) is 32.9 Å². The topological polar surface area (TPSA) is 12.0 Å². The highest BCUT2D eigenvalue weighted by atomic mass is 79.9. The Morgan fingerprint density at radius 1 is 1.60 bits per heavy atom. The van der Waals surface area contributed by atoms with Gasteiger partial charge in [0.25, 0.3) is 0 Å². The molecule has 1 nitrogen and oxygen atoms in total. The Kier molecular flexibility index (Phi) is 6.27. The number of thioether (sulfide) groups is 1. The van der Waals surface area contributed by atoms with Crippen molar-refractivity contribution in [3.05, 3.63) is 20.3 Å². The zero-order valence-corrected chi connectivity index (χ0v) is 12.7. The minimum absolute atomic E-state index is 0.640. The lowest BCUT2D eigenvalue weighted by atomic mass is 10.2. The van der Waals surface area contributed by atoms with E-state index in [1.807, 2.05) is 23.1 Å². The molecule has 0 radical (unpaired) electrons. The number of hydrogen-bond donors (Lipinski definition) is 1. The van der Waals surface area contributed by atoms with Gasteiger partial charge in [-0.3, -0.25) is 0 Å². The van der Waals surface area contributed by atoms with Gasteiger partial charge < -0.3 is 5.32 Å². The largest absolute Gasteiger partial charge is 0.308 e. The van der Waals surface area contributed by atoms with Gasteiger partial charge in [0.05, 0.1) is 3.79 Å². The Bertz CT molecular complexity index is 279. The van der Waals surface area contributed by atoms with Crippen LogP contribution in [0.5, 0.6) is 0 Å². The third-order valence-corrected chi connectivity index (χ3v) is 5.21. The van der Waals surface area contributed by atoms with Crippen molar-refractivity contribution in [3.8, 4) is 0 Å². The second-order valence-electron chi connectivity index (χ2n) is 3.61. The van der Waals surface area contributed by atoms with Crippen LogP contribution in [0.15, 0.2) is 9.85 Å². The lowest BCUT2D eigenvalue weighted by molar-refractivity contribution is 0.544. The molecular formula is C11H18BrNS2. The molecule has 0 amide bonds. The Hall–Kier alpha value is 0.490. The summed E-state index contributed by atoms with van der Waals surface area (Å²) in [7, 11) is 0. The number of aryl methyl sites for hydroxylation is 1. The van der Waals surface area contributed by atoms with Crippen molar-refractivity contribution in [1.29, 1.82) is 0 Å². The molecule has 1 unspecified atom stereocenters. The molecule has 4 heteroatoms. The number of hydrogen-bond acceptors (Lipinski definition) is 3. The van der Waals surface area contributed by atoms with Gasteiger partial charge in [0.15, 0.2) is 0 Å². The molecule has 15 heavy (non-hydrogen) atoms. The Morgan fingerprint density at radius 2 is 2.33 bits per heavy atom. The maximum absolute atomic E-state index is 3.60. The second-order valence-corrected chi connectivity index (χ2v) is 6.98. The summed E-state index contributed by atoms with van der Waals surface area (Å²) in [5.41, 5.74) is 1.34. The summed E-state index contributed by atoms with van der Waals surface area (Å²) in [6.07, 6.45) is 3.36. The normalized spacial score (nSPS) is 13.1. The van der Waals surface area contributed by atoms with Crippen LogP contribution >= 0.6 is 39.0 Å². The van der Waals surface area contributed by atoms with Gasteiger partial charge in [-0.25, -0.2) is 0 Å². The highest BCUT2D eigenvalue weighted by Gasteiger charge is 2.07. The number of thiophene rings is 1. The van der Waals surface area contributed by atoms with Gasteiger partial charge >= 0.3 is 0 Å². The Labute approximate surface area is 109 Å². The minimum atomic E-state index is 0.640. The minimum Gasteiger partial charge on any atom is -0.308 e. The monoisotopic (exact) mass is 307 g/mol. The van der Waals surface area contributed by atoms with E-state index < -0.39 is 0 Å². The standard InChI is InChI=1S/C11H18BrNS2/c1-4-9(7-14-3)13-6-10-5-8(2)11(12)15-10/h5,9,13H,4,6-7H2,1-3H3. The molecule has 0 spiro atoms. The molecule has 0 bridgehead atoms. The molecule has 1 aromatic rings. The van der Waals surface area contributed by atoms with Gasteiger partial charge in [-0.2, -0.15) is 11.8 Å². The summed E-state index contributed by atoms with van der Waals surface area (Å²) >= 11 is 7.30. The predicted octanol–water partition coefficient (Wildman–Crippen LogP) is 4.05. The second kappa shape index (κ2) is 6.94. The maximum atomic E-state index is 3.60. The van der Waals surface area contributed by atoms with E-state index in [0.29, 0.717) is 6.04 Å². The van der Waals surface area contributed by atoms with Gasteiger partial charge in [0.1, 0.15) is 0 Å². The molecular weight excluding hydrogens is 290 g/mol. The van der Waals surface area contributed by atoms with Crippen LogP contribution < -0.4 is 5.32 Å². The molecule has 1 atom stereocenters. The highest BCUT2D eigenvalue weighted by molar-refractivity contribution is 9.11. The van der Waals surface area contributed by atoms with Gasteiger partial charge in [-0.05, 0) is 47.2 Å². The smallest absolute Gasteiger partial charge is 0.0730 e. The van der Waals surface area contributed by atoms with E-state index in [-0.39, 0.29) is 0 Å². The van der Waals surface area contributed by atoms with E-state index in [9.17, 15) is 0 Å². The summed E-state index contributed by atoms with van der Waals surface area (Å²) in [4.78, 5) is 1.42. The average Bonchev–Trinajstić information content (AvgIpc) is 2.53. The summed E-state index contributed by atoms with van der Waals surface area (Å²) in [6, 6.07) is 2.90. The molecule has 0 saturated heterocycles. The Morgan fingerprint density at radius 3 is 2.80 bits per heavy atom. The van der Waals surface area contributed by atoms with Crippen molar-refractivity contribution in [2.24, 2.45) is 0 Å². The summed E-state index contributed by atoms with van der Waals surface area (Å²) in [6.45, 7) is 5.38. The zero-order chi connectivity index (χ0) is 11.3. The van der Waals surface area contributed by atoms with Crippen molar-refractivity contribution in [3.63, 3.8) is 0 Å². The molecule has 1 rings (SSSR count). The first kappa shape index (κ1) is 13.6. The predicted molar refractivity (Wildman–Crippen MR) is 76.1 cm³/mol. The molecule has 0 aromatic carbocycles. The van der Waals surface area contributed by atoms with Crippen LogP contribution in [0.2, 0.25) is 0 Å². The summed E-state index contributed by atoms with van der Waals surface area (Å²) in [5.74, 6) is 1.20. The van der Waals surface area contributed by atoms with Crippen LogP contribution in [0, 0.1) is 6.92 Å². The van der Waals surface area contributed by atoms with Crippen molar-refractivity contribution in [1.82, 2.24) is 5.32 Å². The van der Waals surface area contributed by atoms with Gasteiger partial charge in [0, 0.05) is 23.2 Å². The van der Waals surface area contributed by atoms with E-state index in [1.54, 1.807) is 0 Å². The molecule has 1 heterocycles. The molecule has 0 saturated carbocycles. The quantitative estimate of drug-likeness (QED) is 0.851. The molecule has 0 aliphatic heterocycles. The lowest BCUT2D eigenvalue weighted by Crippen LogP contribution is -2.29. The number of rotatable bonds is 6. The molecule has 86 valence electrons. The SMILES string of the molecule is CCC(CSC)NCc1cc(C)c(Br)s1. The van der Waals surface area contributed by atoms with Crippen molar-refractivity contribution >= 4 is 39.0 Å². The van der Waals surface area contributed by atoms with E-state index in [1.165, 1.54) is 26.4 Å². The molecule has 0 aliphatic rings. The van der Waals surface area contributed by atoms with Crippen LogP contribution in [-0.4, -0.2) is 18.1 Å². The fourth-order valence-electron chi connectivity index (χ4n) is 1.38. The first-order valence-electron chi connectivity index (χ1n) is 5.14. The maximum Gasteiger partial charge on any atom is 0.0730 e. The van der Waals surface area contributed by atoms with Crippen LogP contribution in [0.3, 0.4) is 0 Å². The fourth-order valence-corrected chi connectivity index (χ4v) is 3.71. The Balaban J connectivity index is 2.41. The fraction of sp³-hybridized carbons (Fsp3) is 0.636. The van der Waals surface area contributed by atoms with Crippen molar-refractivity contribution in [2.75, 3.05) is 12.0 Å². The molecule has 0 aliphatic carbocycles.